The quantitative estimate of drug-likeness (QED) is 0.231. The smallest absolute Gasteiger partial charge is 0.206 e. The van der Waals surface area contributed by atoms with Crippen LogP contribution in [-0.4, -0.2) is 26.2 Å². The molecular formula is C13H22N4O. The topological polar surface area (TPSA) is 71.7 Å². The standard InChI is InChI=1S/C13H22N4O/c1-11-4-6-12(7-5-11)10-16-13(17-14)15-8-3-9-18-2/h4-7H,3,8-10,14H2,1-2H3,(H2,15,16,17). The number of rotatable bonds is 6. The number of hydrogen-bond donors (Lipinski definition) is 3. The van der Waals surface area contributed by atoms with Gasteiger partial charge in [0.25, 0.3) is 0 Å². The fourth-order valence-corrected chi connectivity index (χ4v) is 1.44. The van der Waals surface area contributed by atoms with Crippen LogP contribution in [0, 0.1) is 6.92 Å². The Morgan fingerprint density at radius 1 is 1.33 bits per heavy atom. The molecule has 5 nitrogen and oxygen atoms in total. The second-order valence-corrected chi connectivity index (χ2v) is 4.07. The van der Waals surface area contributed by atoms with Crippen molar-refractivity contribution in [1.82, 2.24) is 10.7 Å². The van der Waals surface area contributed by atoms with Crippen LogP contribution in [0.15, 0.2) is 29.3 Å². The third-order valence-electron chi connectivity index (χ3n) is 2.49. The lowest BCUT2D eigenvalue weighted by Gasteiger charge is -2.08. The van der Waals surface area contributed by atoms with E-state index in [1.54, 1.807) is 7.11 Å². The third kappa shape index (κ3) is 5.65. The van der Waals surface area contributed by atoms with Crippen LogP contribution < -0.4 is 16.6 Å². The Kier molecular flexibility index (Phi) is 6.83. The van der Waals surface area contributed by atoms with Crippen LogP contribution in [0.5, 0.6) is 0 Å². The van der Waals surface area contributed by atoms with Crippen LogP contribution in [0.3, 0.4) is 0 Å². The molecule has 1 rings (SSSR count). The summed E-state index contributed by atoms with van der Waals surface area (Å²) in [6.07, 6.45) is 0.918. The number of hydrogen-bond acceptors (Lipinski definition) is 3. The van der Waals surface area contributed by atoms with Crippen LogP contribution >= 0.6 is 0 Å². The first-order chi connectivity index (χ1) is 8.76. The Hall–Kier alpha value is -1.59. The number of hydrazine groups is 1. The van der Waals surface area contributed by atoms with Crippen molar-refractivity contribution in [2.45, 2.75) is 19.9 Å². The molecule has 0 aliphatic carbocycles. The largest absolute Gasteiger partial charge is 0.385 e. The summed E-state index contributed by atoms with van der Waals surface area (Å²) >= 11 is 0. The van der Waals surface area contributed by atoms with Gasteiger partial charge in [-0.1, -0.05) is 29.8 Å². The lowest BCUT2D eigenvalue weighted by Crippen LogP contribution is -2.42. The Morgan fingerprint density at radius 2 is 2.06 bits per heavy atom. The van der Waals surface area contributed by atoms with E-state index in [0.717, 1.165) is 25.1 Å². The molecule has 18 heavy (non-hydrogen) atoms. The van der Waals surface area contributed by atoms with Gasteiger partial charge in [-0.05, 0) is 18.9 Å². The van der Waals surface area contributed by atoms with Crippen molar-refractivity contribution in [2.75, 3.05) is 20.3 Å². The summed E-state index contributed by atoms with van der Waals surface area (Å²) in [6.45, 7) is 4.18. The van der Waals surface area contributed by atoms with Crippen molar-refractivity contribution in [1.29, 1.82) is 0 Å². The molecule has 4 N–H and O–H groups in total. The molecule has 0 bridgehead atoms. The predicted octanol–water partition coefficient (Wildman–Crippen LogP) is 0.940. The number of ether oxygens (including phenoxy) is 1. The van der Waals surface area contributed by atoms with E-state index in [1.165, 1.54) is 5.56 Å². The summed E-state index contributed by atoms with van der Waals surface area (Å²) in [5.74, 6) is 6.00. The van der Waals surface area contributed by atoms with Crippen LogP contribution in [0.4, 0.5) is 0 Å². The molecule has 0 atom stereocenters. The molecule has 0 aliphatic rings. The zero-order valence-electron chi connectivity index (χ0n) is 11.1. The van der Waals surface area contributed by atoms with Gasteiger partial charge < -0.3 is 10.1 Å². The van der Waals surface area contributed by atoms with Crippen molar-refractivity contribution < 1.29 is 4.74 Å². The summed E-state index contributed by atoms with van der Waals surface area (Å²) in [6, 6.07) is 8.29. The SMILES string of the molecule is COCCCNC(=NCc1ccc(C)cc1)NN. The average Bonchev–Trinajstić information content (AvgIpc) is 2.40. The van der Waals surface area contributed by atoms with E-state index in [9.17, 15) is 0 Å². The minimum Gasteiger partial charge on any atom is -0.385 e. The number of aryl methyl sites for hydroxylation is 1. The molecule has 0 aliphatic heterocycles. The van der Waals surface area contributed by atoms with Crippen molar-refractivity contribution in [3.63, 3.8) is 0 Å². The summed E-state index contributed by atoms with van der Waals surface area (Å²) in [5.41, 5.74) is 4.97. The summed E-state index contributed by atoms with van der Waals surface area (Å²) < 4.78 is 4.97. The number of benzene rings is 1. The highest BCUT2D eigenvalue weighted by molar-refractivity contribution is 5.79. The molecule has 0 saturated carbocycles. The van der Waals surface area contributed by atoms with Crippen LogP contribution in [0.2, 0.25) is 0 Å². The van der Waals surface area contributed by atoms with Crippen molar-refractivity contribution in [3.8, 4) is 0 Å². The maximum atomic E-state index is 5.40. The highest BCUT2D eigenvalue weighted by Crippen LogP contribution is 2.03. The number of nitrogens with two attached hydrogens (primary N) is 1. The number of guanidine groups is 1. The van der Waals surface area contributed by atoms with Gasteiger partial charge in [0.15, 0.2) is 0 Å². The van der Waals surface area contributed by atoms with E-state index >= 15 is 0 Å². The zero-order valence-corrected chi connectivity index (χ0v) is 11.1. The van der Waals surface area contributed by atoms with Crippen LogP contribution in [0.25, 0.3) is 0 Å². The first-order valence-electron chi connectivity index (χ1n) is 6.05. The second-order valence-electron chi connectivity index (χ2n) is 4.07. The first-order valence-corrected chi connectivity index (χ1v) is 6.05. The zero-order chi connectivity index (χ0) is 13.2. The fourth-order valence-electron chi connectivity index (χ4n) is 1.44. The van der Waals surface area contributed by atoms with Crippen molar-refractivity contribution in [3.05, 3.63) is 35.4 Å². The molecule has 0 spiro atoms. The van der Waals surface area contributed by atoms with Gasteiger partial charge in [0.05, 0.1) is 6.54 Å². The summed E-state index contributed by atoms with van der Waals surface area (Å²) in [5, 5.41) is 3.12. The molecule has 1 aromatic rings. The molecule has 0 amide bonds. The van der Waals surface area contributed by atoms with Crippen molar-refractivity contribution in [2.24, 2.45) is 10.8 Å². The van der Waals surface area contributed by atoms with Gasteiger partial charge in [-0.3, -0.25) is 5.43 Å². The third-order valence-corrected chi connectivity index (χ3v) is 2.49. The molecular weight excluding hydrogens is 228 g/mol. The maximum Gasteiger partial charge on any atom is 0.206 e. The number of nitrogens with zero attached hydrogens (tertiary/aromatic N) is 1. The van der Waals surface area contributed by atoms with Gasteiger partial charge in [0, 0.05) is 20.3 Å². The predicted molar refractivity (Wildman–Crippen MR) is 74.1 cm³/mol. The van der Waals surface area contributed by atoms with Gasteiger partial charge in [0.1, 0.15) is 0 Å². The number of aliphatic imine (C=N–C) groups is 1. The summed E-state index contributed by atoms with van der Waals surface area (Å²) in [4.78, 5) is 4.37. The van der Waals surface area contributed by atoms with Gasteiger partial charge >= 0.3 is 0 Å². The second kappa shape index (κ2) is 8.49. The highest BCUT2D eigenvalue weighted by atomic mass is 16.5. The van der Waals surface area contributed by atoms with E-state index < -0.39 is 0 Å². The average molecular weight is 250 g/mol. The molecule has 0 radical (unpaired) electrons. The van der Waals surface area contributed by atoms with Gasteiger partial charge in [-0.2, -0.15) is 0 Å². The molecule has 100 valence electrons. The van der Waals surface area contributed by atoms with Gasteiger partial charge in [-0.25, -0.2) is 10.8 Å². The van der Waals surface area contributed by atoms with Crippen LogP contribution in [-0.2, 0) is 11.3 Å². The molecule has 5 heteroatoms. The van der Waals surface area contributed by atoms with Crippen LogP contribution in [0.1, 0.15) is 17.5 Å². The van der Waals surface area contributed by atoms with Gasteiger partial charge in [-0.15, -0.1) is 0 Å². The maximum absolute atomic E-state index is 5.40. The molecule has 0 saturated heterocycles. The number of nitrogens with one attached hydrogen (secondary N) is 2. The Labute approximate surface area is 108 Å². The van der Waals surface area contributed by atoms with E-state index in [1.807, 2.05) is 0 Å². The molecule has 0 heterocycles. The molecule has 0 aromatic heterocycles. The molecule has 0 unspecified atom stereocenters. The minimum atomic E-state index is 0.603. The molecule has 1 aromatic carbocycles. The fraction of sp³-hybridized carbons (Fsp3) is 0.462. The monoisotopic (exact) mass is 250 g/mol. The normalized spacial score (nSPS) is 11.4. The Balaban J connectivity index is 2.39. The highest BCUT2D eigenvalue weighted by Gasteiger charge is 1.96. The van der Waals surface area contributed by atoms with Crippen molar-refractivity contribution >= 4 is 5.96 Å². The molecule has 0 fully saturated rings. The minimum absolute atomic E-state index is 0.603. The Morgan fingerprint density at radius 3 is 2.67 bits per heavy atom. The van der Waals surface area contributed by atoms with E-state index in [0.29, 0.717) is 12.5 Å². The van der Waals surface area contributed by atoms with E-state index in [4.69, 9.17) is 10.6 Å². The Bertz CT molecular complexity index is 362. The van der Waals surface area contributed by atoms with Gasteiger partial charge in [0.2, 0.25) is 5.96 Å². The van der Waals surface area contributed by atoms with E-state index in [-0.39, 0.29) is 0 Å². The van der Waals surface area contributed by atoms with E-state index in [2.05, 4.69) is 46.9 Å². The number of methoxy groups -OCH3 is 1. The first kappa shape index (κ1) is 14.5. The lowest BCUT2D eigenvalue weighted by molar-refractivity contribution is 0.195. The summed E-state index contributed by atoms with van der Waals surface area (Å²) in [7, 11) is 1.69. The lowest BCUT2D eigenvalue weighted by atomic mass is 10.1.